The molecule has 0 bridgehead atoms. The van der Waals surface area contributed by atoms with Crippen LogP contribution in [-0.4, -0.2) is 91.2 Å². The van der Waals surface area contributed by atoms with Gasteiger partial charge in [0.1, 0.15) is 37.9 Å². The lowest BCUT2D eigenvalue weighted by Crippen LogP contribution is -2.19. The molecule has 0 heterocycles. The normalized spacial score (nSPS) is 11.0. The van der Waals surface area contributed by atoms with Gasteiger partial charge in [0.15, 0.2) is 0 Å². The van der Waals surface area contributed by atoms with E-state index in [4.69, 9.17) is 37.9 Å². The Hall–Kier alpha value is -3.70. The molecule has 0 unspecified atom stereocenters. The summed E-state index contributed by atoms with van der Waals surface area (Å²) >= 11 is 0. The molecule has 0 amide bonds. The minimum absolute atomic E-state index is 0.191. The minimum atomic E-state index is -0.462. The van der Waals surface area contributed by atoms with E-state index in [-0.39, 0.29) is 18.6 Å². The van der Waals surface area contributed by atoms with Gasteiger partial charge in [0, 0.05) is 17.6 Å². The van der Waals surface area contributed by atoms with Crippen LogP contribution in [0.3, 0.4) is 0 Å². The van der Waals surface area contributed by atoms with Crippen molar-refractivity contribution in [3.63, 3.8) is 0 Å². The molecule has 0 atom stereocenters. The van der Waals surface area contributed by atoms with Crippen molar-refractivity contribution >= 4 is 11.9 Å². The fourth-order valence-electron chi connectivity index (χ4n) is 3.70. The van der Waals surface area contributed by atoms with Crippen molar-refractivity contribution in [1.29, 1.82) is 0 Å². The number of benzene rings is 2. The summed E-state index contributed by atoms with van der Waals surface area (Å²) in [5.41, 5.74) is 2.11. The summed E-state index contributed by atoms with van der Waals surface area (Å²) in [5.74, 6) is 0.622. The Morgan fingerprint density at radius 1 is 0.535 bits per heavy atom. The van der Waals surface area contributed by atoms with E-state index in [2.05, 4.69) is 51.3 Å². The van der Waals surface area contributed by atoms with Crippen LogP contribution in [0.15, 0.2) is 73.8 Å². The highest BCUT2D eigenvalue weighted by molar-refractivity contribution is 5.81. The zero-order valence-electron chi connectivity index (χ0n) is 25.3. The van der Waals surface area contributed by atoms with Gasteiger partial charge in [-0.15, -0.1) is 0 Å². The second-order valence-corrected chi connectivity index (χ2v) is 9.56. The van der Waals surface area contributed by atoms with Gasteiger partial charge in [-0.05, 0) is 35.4 Å². The van der Waals surface area contributed by atoms with E-state index in [0.717, 1.165) is 34.8 Å². The molecule has 0 N–H and O–H groups in total. The van der Waals surface area contributed by atoms with Gasteiger partial charge in [0.25, 0.3) is 0 Å². The minimum Gasteiger partial charge on any atom is -0.491 e. The molecule has 10 nitrogen and oxygen atoms in total. The molecule has 0 aliphatic heterocycles. The number of carbonyl (C=O) groups is 2. The molecular formula is C33H44O10. The largest absolute Gasteiger partial charge is 0.491 e. The third-order valence-corrected chi connectivity index (χ3v) is 6.17. The third kappa shape index (κ3) is 14.8. The molecular weight excluding hydrogens is 556 g/mol. The van der Waals surface area contributed by atoms with Crippen LogP contribution in [0.5, 0.6) is 11.5 Å². The van der Waals surface area contributed by atoms with Crippen molar-refractivity contribution in [3.05, 3.63) is 85.0 Å². The first-order chi connectivity index (χ1) is 20.9. The second-order valence-electron chi connectivity index (χ2n) is 9.56. The maximum absolute atomic E-state index is 10.9. The molecule has 43 heavy (non-hydrogen) atoms. The summed E-state index contributed by atoms with van der Waals surface area (Å²) in [6.07, 6.45) is 2.23. The standard InChI is InChI=1S/C33H44O10/c1-5-31(34)42-25-21-38-17-15-36-19-23-40-29-11-7-27(8-12-29)33(3,4)28-9-13-30(14-10-28)41-24-20-37-16-18-39-22-26-43-32(35)6-2/h5-14H,1-2,15-26H2,3-4H3. The zero-order chi connectivity index (χ0) is 31.2. The zero-order valence-corrected chi connectivity index (χ0v) is 25.3. The smallest absolute Gasteiger partial charge is 0.330 e. The van der Waals surface area contributed by atoms with Crippen LogP contribution in [0.25, 0.3) is 0 Å². The lowest BCUT2D eigenvalue weighted by atomic mass is 9.78. The number of rotatable bonds is 24. The van der Waals surface area contributed by atoms with Crippen LogP contribution in [-0.2, 0) is 43.4 Å². The fourth-order valence-corrected chi connectivity index (χ4v) is 3.70. The van der Waals surface area contributed by atoms with E-state index < -0.39 is 11.9 Å². The highest BCUT2D eigenvalue weighted by Crippen LogP contribution is 2.33. The quantitative estimate of drug-likeness (QED) is 0.0984. The molecule has 0 saturated carbocycles. The summed E-state index contributed by atoms with van der Waals surface area (Å²) in [7, 11) is 0. The van der Waals surface area contributed by atoms with Crippen LogP contribution in [0.2, 0.25) is 0 Å². The summed E-state index contributed by atoms with van der Waals surface area (Å²) in [6.45, 7) is 15.4. The fraction of sp³-hybridized carbons (Fsp3) is 0.455. The summed E-state index contributed by atoms with van der Waals surface area (Å²) in [5, 5.41) is 0. The van der Waals surface area contributed by atoms with Crippen molar-refractivity contribution in [2.45, 2.75) is 19.3 Å². The van der Waals surface area contributed by atoms with Crippen molar-refractivity contribution in [2.75, 3.05) is 79.3 Å². The molecule has 0 fully saturated rings. The van der Waals surface area contributed by atoms with Crippen LogP contribution in [0, 0.1) is 0 Å². The molecule has 2 aromatic rings. The molecule has 10 heteroatoms. The topological polar surface area (TPSA) is 108 Å². The lowest BCUT2D eigenvalue weighted by molar-refractivity contribution is -0.140. The van der Waals surface area contributed by atoms with Gasteiger partial charge in [-0.2, -0.15) is 0 Å². The molecule has 2 aromatic carbocycles. The molecule has 0 aliphatic rings. The monoisotopic (exact) mass is 600 g/mol. The van der Waals surface area contributed by atoms with Crippen molar-refractivity contribution in [1.82, 2.24) is 0 Å². The molecule has 0 radical (unpaired) electrons. The number of hydrogen-bond acceptors (Lipinski definition) is 10. The van der Waals surface area contributed by atoms with Gasteiger partial charge in [-0.25, -0.2) is 9.59 Å². The maximum Gasteiger partial charge on any atom is 0.330 e. The van der Waals surface area contributed by atoms with E-state index in [1.807, 2.05) is 24.3 Å². The van der Waals surface area contributed by atoms with E-state index in [9.17, 15) is 9.59 Å². The highest BCUT2D eigenvalue weighted by Gasteiger charge is 2.23. The van der Waals surface area contributed by atoms with Crippen LogP contribution in [0.1, 0.15) is 25.0 Å². The van der Waals surface area contributed by atoms with Gasteiger partial charge < -0.3 is 37.9 Å². The average molecular weight is 601 g/mol. The molecule has 0 saturated heterocycles. The van der Waals surface area contributed by atoms with Gasteiger partial charge in [-0.1, -0.05) is 51.3 Å². The molecule has 0 spiro atoms. The Balaban J connectivity index is 1.59. The van der Waals surface area contributed by atoms with Crippen LogP contribution < -0.4 is 9.47 Å². The first-order valence-corrected chi connectivity index (χ1v) is 14.2. The second kappa shape index (κ2) is 21.1. The van der Waals surface area contributed by atoms with Gasteiger partial charge in [-0.3, -0.25) is 0 Å². The van der Waals surface area contributed by atoms with Crippen molar-refractivity contribution < 1.29 is 47.5 Å². The Labute approximate surface area is 254 Å². The Morgan fingerprint density at radius 2 is 0.837 bits per heavy atom. The molecule has 236 valence electrons. The number of hydrogen-bond donors (Lipinski definition) is 0. The highest BCUT2D eigenvalue weighted by atomic mass is 16.6. The Kier molecular flexibility index (Phi) is 17.4. The van der Waals surface area contributed by atoms with Gasteiger partial charge in [0.2, 0.25) is 0 Å². The number of ether oxygens (including phenoxy) is 8. The summed E-state index contributed by atoms with van der Waals surface area (Å²) < 4.78 is 42.9. The first kappa shape index (κ1) is 35.5. The van der Waals surface area contributed by atoms with E-state index in [1.54, 1.807) is 0 Å². The van der Waals surface area contributed by atoms with Crippen molar-refractivity contribution in [2.24, 2.45) is 0 Å². The first-order valence-electron chi connectivity index (χ1n) is 14.2. The number of esters is 2. The lowest BCUT2D eigenvalue weighted by Gasteiger charge is -2.26. The SMILES string of the molecule is C=CC(=O)OCCOCCOCCOc1ccc(C(C)(C)c2ccc(OCCOCCOCCOC(=O)C=C)cc2)cc1. The predicted molar refractivity (Wildman–Crippen MR) is 162 cm³/mol. The molecule has 2 rings (SSSR count). The van der Waals surface area contributed by atoms with E-state index in [1.165, 1.54) is 0 Å². The summed E-state index contributed by atoms with van der Waals surface area (Å²) in [4.78, 5) is 21.8. The average Bonchev–Trinajstić information content (AvgIpc) is 3.02. The van der Waals surface area contributed by atoms with Crippen molar-refractivity contribution in [3.8, 4) is 11.5 Å². The van der Waals surface area contributed by atoms with Gasteiger partial charge in [0.05, 0.1) is 52.9 Å². The third-order valence-electron chi connectivity index (χ3n) is 6.17. The van der Waals surface area contributed by atoms with E-state index >= 15 is 0 Å². The molecule has 0 aliphatic carbocycles. The van der Waals surface area contributed by atoms with Crippen LogP contribution in [0.4, 0.5) is 0 Å². The molecule has 0 aromatic heterocycles. The maximum atomic E-state index is 10.9. The Morgan fingerprint density at radius 3 is 1.16 bits per heavy atom. The number of carbonyl (C=O) groups excluding carboxylic acids is 2. The van der Waals surface area contributed by atoms with E-state index in [0.29, 0.717) is 66.1 Å². The van der Waals surface area contributed by atoms with Crippen LogP contribution >= 0.6 is 0 Å². The summed E-state index contributed by atoms with van der Waals surface area (Å²) in [6, 6.07) is 16.1. The predicted octanol–water partition coefficient (Wildman–Crippen LogP) is 4.29. The Bertz CT molecular complexity index is 994. The van der Waals surface area contributed by atoms with Gasteiger partial charge >= 0.3 is 11.9 Å².